The molecule has 1 aliphatic rings. The zero-order valence-corrected chi connectivity index (χ0v) is 21.5. The Balaban J connectivity index is 1.50. The van der Waals surface area contributed by atoms with Crippen molar-refractivity contribution in [2.75, 3.05) is 33.3 Å². The van der Waals surface area contributed by atoms with E-state index in [1.807, 2.05) is 67.5 Å². The molecule has 3 heterocycles. The van der Waals surface area contributed by atoms with Gasteiger partial charge in [0, 0.05) is 65.5 Å². The molecule has 1 amide bonds. The Morgan fingerprint density at radius 2 is 2.03 bits per heavy atom. The molecule has 5 rings (SSSR count). The molecule has 1 saturated heterocycles. The number of fused-ring (bicyclic) bond motifs is 1. The van der Waals surface area contributed by atoms with Crippen molar-refractivity contribution in [2.24, 2.45) is 5.92 Å². The van der Waals surface area contributed by atoms with Gasteiger partial charge in [-0.05, 0) is 49.4 Å². The minimum absolute atomic E-state index is 0.0648. The summed E-state index contributed by atoms with van der Waals surface area (Å²) in [6, 6.07) is 13.1. The molecule has 0 bridgehead atoms. The number of halogens is 1. The second-order valence-electron chi connectivity index (χ2n) is 9.19. The highest BCUT2D eigenvalue weighted by atomic mass is 35.5. The van der Waals surface area contributed by atoms with Gasteiger partial charge >= 0.3 is 0 Å². The van der Waals surface area contributed by atoms with E-state index in [0.717, 1.165) is 47.2 Å². The van der Waals surface area contributed by atoms with E-state index in [1.54, 1.807) is 12.4 Å². The Labute approximate surface area is 216 Å². The van der Waals surface area contributed by atoms with Gasteiger partial charge in [0.2, 0.25) is 0 Å². The normalized spacial score (nSPS) is 15.0. The van der Waals surface area contributed by atoms with Gasteiger partial charge in [-0.25, -0.2) is 0 Å². The van der Waals surface area contributed by atoms with Crippen LogP contribution >= 0.6 is 11.6 Å². The lowest BCUT2D eigenvalue weighted by Crippen LogP contribution is -2.53. The monoisotopic (exact) mass is 503 g/mol. The van der Waals surface area contributed by atoms with Crippen molar-refractivity contribution < 1.29 is 9.53 Å². The molecule has 2 aromatic carbocycles. The molecule has 0 spiro atoms. The minimum Gasteiger partial charge on any atom is -0.493 e. The zero-order chi connectivity index (χ0) is 25.2. The van der Waals surface area contributed by atoms with E-state index in [2.05, 4.69) is 27.0 Å². The quantitative estimate of drug-likeness (QED) is 0.346. The Morgan fingerprint density at radius 3 is 2.78 bits per heavy atom. The van der Waals surface area contributed by atoms with Crippen molar-refractivity contribution >= 4 is 28.4 Å². The van der Waals surface area contributed by atoms with Crippen molar-refractivity contribution in [3.8, 4) is 16.9 Å². The molecule has 4 aromatic rings. The summed E-state index contributed by atoms with van der Waals surface area (Å²) in [7, 11) is 1.88. The van der Waals surface area contributed by atoms with Gasteiger partial charge in [0.15, 0.2) is 0 Å². The maximum absolute atomic E-state index is 13.9. The molecule has 7 nitrogen and oxygen atoms in total. The molecule has 186 valence electrons. The average Bonchev–Trinajstić information content (AvgIpc) is 3.35. The summed E-state index contributed by atoms with van der Waals surface area (Å²) in [5, 5.41) is 8.92. The van der Waals surface area contributed by atoms with E-state index in [9.17, 15) is 4.79 Å². The van der Waals surface area contributed by atoms with E-state index in [0.29, 0.717) is 28.9 Å². The van der Waals surface area contributed by atoms with Crippen molar-refractivity contribution in [1.29, 1.82) is 0 Å². The number of H-pyrrole nitrogens is 1. The number of hydrogen-bond donors (Lipinski definition) is 1. The molecular weight excluding hydrogens is 474 g/mol. The number of carbonyl (C=O) groups is 1. The lowest BCUT2D eigenvalue weighted by Gasteiger charge is -2.46. The smallest absolute Gasteiger partial charge is 0.254 e. The number of nitrogens with zero attached hydrogens (tertiary/aromatic N) is 4. The SMILES string of the molecule is CCOc1cc(C(=O)N(C)[C@H](c2cncc3cn[nH]c23)C2CN(CC)C2)ccc1-c1cccc(Cl)c1. The standard InChI is InChI=1S/C28H30ClN5O2/c1-4-34-16-21(17-34)27(24-15-30-13-20-14-31-32-26(20)24)33(3)28(35)19-9-10-23(25(12-19)36-5-2)18-7-6-8-22(29)11-18/h6-15,21,27H,4-5,16-17H2,1-3H3,(H,31,32)/t27-/m0/s1. The molecule has 0 unspecified atom stereocenters. The summed E-state index contributed by atoms with van der Waals surface area (Å²) in [5.74, 6) is 0.894. The van der Waals surface area contributed by atoms with Gasteiger partial charge in [-0.3, -0.25) is 14.9 Å². The molecule has 0 radical (unpaired) electrons. The maximum atomic E-state index is 13.9. The van der Waals surface area contributed by atoms with Gasteiger partial charge in [0.1, 0.15) is 5.75 Å². The number of rotatable bonds is 8. The number of pyridine rings is 1. The summed E-state index contributed by atoms with van der Waals surface area (Å²) in [4.78, 5) is 22.6. The van der Waals surface area contributed by atoms with Crippen LogP contribution in [0.4, 0.5) is 0 Å². The Morgan fingerprint density at radius 1 is 1.19 bits per heavy atom. The highest BCUT2D eigenvalue weighted by molar-refractivity contribution is 6.30. The van der Waals surface area contributed by atoms with Crippen molar-refractivity contribution in [1.82, 2.24) is 25.0 Å². The molecule has 1 aliphatic heterocycles. The molecule has 36 heavy (non-hydrogen) atoms. The van der Waals surface area contributed by atoms with Crippen molar-refractivity contribution in [3.05, 3.63) is 77.2 Å². The fourth-order valence-electron chi connectivity index (χ4n) is 5.11. The summed E-state index contributed by atoms with van der Waals surface area (Å²) < 4.78 is 5.96. The number of amides is 1. The first-order valence-corrected chi connectivity index (χ1v) is 12.7. The van der Waals surface area contributed by atoms with Crippen LogP contribution in [0.2, 0.25) is 5.02 Å². The lowest BCUT2D eigenvalue weighted by atomic mass is 9.85. The Hall–Kier alpha value is -3.42. The second kappa shape index (κ2) is 10.3. The third-order valence-electron chi connectivity index (χ3n) is 6.98. The van der Waals surface area contributed by atoms with E-state index in [4.69, 9.17) is 16.3 Å². The highest BCUT2D eigenvalue weighted by Gasteiger charge is 2.39. The maximum Gasteiger partial charge on any atom is 0.254 e. The molecular formula is C28H30ClN5O2. The third-order valence-corrected chi connectivity index (χ3v) is 7.22. The molecule has 0 saturated carbocycles. The van der Waals surface area contributed by atoms with Crippen LogP contribution in [0.5, 0.6) is 5.75 Å². The van der Waals surface area contributed by atoms with Gasteiger partial charge in [-0.2, -0.15) is 5.10 Å². The predicted octanol–water partition coefficient (Wildman–Crippen LogP) is 5.44. The van der Waals surface area contributed by atoms with Crippen LogP contribution < -0.4 is 4.74 Å². The van der Waals surface area contributed by atoms with Crippen LogP contribution in [0.25, 0.3) is 22.0 Å². The average molecular weight is 504 g/mol. The van der Waals surface area contributed by atoms with Crippen molar-refractivity contribution in [2.45, 2.75) is 19.9 Å². The molecule has 1 fully saturated rings. The summed E-state index contributed by atoms with van der Waals surface area (Å²) in [5.41, 5.74) is 4.34. The number of aromatic nitrogens is 3. The first-order chi connectivity index (χ1) is 17.5. The summed E-state index contributed by atoms with van der Waals surface area (Å²) in [6.07, 6.45) is 5.42. The lowest BCUT2D eigenvalue weighted by molar-refractivity contribution is 0.0285. The van der Waals surface area contributed by atoms with Crippen molar-refractivity contribution in [3.63, 3.8) is 0 Å². The Bertz CT molecular complexity index is 1380. The topological polar surface area (TPSA) is 74.3 Å². The first kappa shape index (κ1) is 24.3. The number of likely N-dealkylation sites (tertiary alicyclic amines) is 1. The largest absolute Gasteiger partial charge is 0.493 e. The van der Waals surface area contributed by atoms with E-state index < -0.39 is 0 Å². The summed E-state index contributed by atoms with van der Waals surface area (Å²) in [6.45, 7) is 7.45. The first-order valence-electron chi connectivity index (χ1n) is 12.3. The van der Waals surface area contributed by atoms with Crippen LogP contribution in [0.15, 0.2) is 61.1 Å². The van der Waals surface area contributed by atoms with Crippen LogP contribution in [0.1, 0.15) is 35.8 Å². The molecule has 1 N–H and O–H groups in total. The zero-order valence-electron chi connectivity index (χ0n) is 20.7. The predicted molar refractivity (Wildman–Crippen MR) is 142 cm³/mol. The fraction of sp³-hybridized carbons (Fsp3) is 0.321. The van der Waals surface area contributed by atoms with Gasteiger partial charge in [0.25, 0.3) is 5.91 Å². The van der Waals surface area contributed by atoms with Gasteiger partial charge in [-0.1, -0.05) is 30.7 Å². The van der Waals surface area contributed by atoms with Crippen LogP contribution in [0.3, 0.4) is 0 Å². The number of aromatic amines is 1. The highest BCUT2D eigenvalue weighted by Crippen LogP contribution is 2.38. The van der Waals surface area contributed by atoms with E-state index in [1.165, 1.54) is 0 Å². The van der Waals surface area contributed by atoms with Gasteiger partial charge < -0.3 is 14.5 Å². The number of ether oxygens (including phenoxy) is 1. The third kappa shape index (κ3) is 4.56. The Kier molecular flexibility index (Phi) is 6.94. The van der Waals surface area contributed by atoms with Crippen LogP contribution in [-0.4, -0.2) is 64.2 Å². The van der Waals surface area contributed by atoms with Gasteiger partial charge in [-0.15, -0.1) is 0 Å². The van der Waals surface area contributed by atoms with Gasteiger partial charge in [0.05, 0.1) is 24.4 Å². The van der Waals surface area contributed by atoms with Crippen LogP contribution in [0, 0.1) is 5.92 Å². The van der Waals surface area contributed by atoms with Crippen LogP contribution in [-0.2, 0) is 0 Å². The number of carbonyl (C=O) groups excluding carboxylic acids is 1. The molecule has 1 atom stereocenters. The summed E-state index contributed by atoms with van der Waals surface area (Å²) >= 11 is 6.23. The molecule has 8 heteroatoms. The number of benzene rings is 2. The van der Waals surface area contributed by atoms with E-state index >= 15 is 0 Å². The fourth-order valence-corrected chi connectivity index (χ4v) is 5.30. The molecule has 2 aromatic heterocycles. The number of nitrogens with one attached hydrogen (secondary N) is 1. The minimum atomic E-state index is -0.139. The second-order valence-corrected chi connectivity index (χ2v) is 9.63. The van der Waals surface area contributed by atoms with E-state index in [-0.39, 0.29) is 11.9 Å². The number of hydrogen-bond acceptors (Lipinski definition) is 5. The molecule has 0 aliphatic carbocycles.